The second-order valence-corrected chi connectivity index (χ2v) is 13.5. The van der Waals surface area contributed by atoms with Gasteiger partial charge in [-0.25, -0.2) is 9.08 Å². The summed E-state index contributed by atoms with van der Waals surface area (Å²) in [6.07, 6.45) is 8.50. The first kappa shape index (κ1) is 35.9. The van der Waals surface area contributed by atoms with Gasteiger partial charge in [-0.2, -0.15) is 10.2 Å². The Labute approximate surface area is 271 Å². The van der Waals surface area contributed by atoms with E-state index in [-0.39, 0.29) is 12.4 Å². The largest absolute Gasteiger partial charge is 0.465 e. The lowest BCUT2D eigenvalue weighted by Gasteiger charge is -2.24. The van der Waals surface area contributed by atoms with E-state index in [1.807, 2.05) is 0 Å². The SMILES string of the molecule is CCCCCCCCCCCCOC(=O)[C@H](C)NP(=O)(OC[C@H]1O[C@@H](c2ccc3c(N)ccnn23)[C@H](O)[C@@H]1O)Oc1ccccc1. The smallest absolute Gasteiger partial charge is 0.459 e. The number of aliphatic hydroxyl groups excluding tert-OH is 2. The maximum atomic E-state index is 13.9. The minimum Gasteiger partial charge on any atom is -0.465 e. The van der Waals surface area contributed by atoms with E-state index in [2.05, 4.69) is 17.1 Å². The van der Waals surface area contributed by atoms with Crippen molar-refractivity contribution < 1.29 is 38.1 Å². The topological polar surface area (TPSA) is 167 Å². The molecule has 46 heavy (non-hydrogen) atoms. The first-order chi connectivity index (χ1) is 22.2. The molecule has 0 amide bonds. The summed E-state index contributed by atoms with van der Waals surface area (Å²) in [4.78, 5) is 12.8. The molecule has 4 rings (SSSR count). The molecule has 254 valence electrons. The Bertz CT molecular complexity index is 1410. The van der Waals surface area contributed by atoms with E-state index in [9.17, 15) is 19.6 Å². The number of carbonyl (C=O) groups excluding carboxylic acids is 1. The second kappa shape index (κ2) is 17.8. The van der Waals surface area contributed by atoms with E-state index in [1.54, 1.807) is 48.5 Å². The van der Waals surface area contributed by atoms with Crippen LogP contribution in [0, 0.1) is 0 Å². The van der Waals surface area contributed by atoms with Gasteiger partial charge in [0.2, 0.25) is 0 Å². The molecule has 3 aromatic rings. The van der Waals surface area contributed by atoms with E-state index in [4.69, 9.17) is 24.3 Å². The van der Waals surface area contributed by atoms with Crippen LogP contribution < -0.4 is 15.3 Å². The Kier molecular flexibility index (Phi) is 13.9. The van der Waals surface area contributed by atoms with Crippen LogP contribution in [0.25, 0.3) is 5.52 Å². The number of carbonyl (C=O) groups is 1. The predicted octanol–water partition coefficient (Wildman–Crippen LogP) is 5.72. The Balaban J connectivity index is 1.29. The lowest BCUT2D eigenvalue weighted by Crippen LogP contribution is -2.37. The molecule has 13 heteroatoms. The average molecular weight is 661 g/mol. The predicted molar refractivity (Wildman–Crippen MR) is 175 cm³/mol. The number of fused-ring (bicyclic) bond motifs is 1. The summed E-state index contributed by atoms with van der Waals surface area (Å²) in [6, 6.07) is 12.5. The Morgan fingerprint density at radius 2 is 1.67 bits per heavy atom. The van der Waals surface area contributed by atoms with Crippen molar-refractivity contribution in [1.82, 2.24) is 14.7 Å². The van der Waals surface area contributed by atoms with Crippen LogP contribution in [0.4, 0.5) is 5.69 Å². The zero-order chi connectivity index (χ0) is 32.9. The van der Waals surface area contributed by atoms with Gasteiger partial charge in [-0.05, 0) is 43.7 Å². The van der Waals surface area contributed by atoms with E-state index in [1.165, 1.54) is 62.6 Å². The summed E-state index contributed by atoms with van der Waals surface area (Å²) >= 11 is 0. The van der Waals surface area contributed by atoms with E-state index >= 15 is 0 Å². The highest BCUT2D eigenvalue weighted by atomic mass is 31.2. The van der Waals surface area contributed by atoms with Gasteiger partial charge in [0.1, 0.15) is 36.2 Å². The number of nitrogen functional groups attached to an aromatic ring is 1. The van der Waals surface area contributed by atoms with Crippen molar-refractivity contribution in [2.45, 2.75) is 109 Å². The van der Waals surface area contributed by atoms with Gasteiger partial charge in [0, 0.05) is 6.20 Å². The first-order valence-corrected chi connectivity index (χ1v) is 17.9. The molecular weight excluding hydrogens is 611 g/mol. The Morgan fingerprint density at radius 1 is 1.00 bits per heavy atom. The molecule has 1 unspecified atom stereocenters. The summed E-state index contributed by atoms with van der Waals surface area (Å²) in [5.74, 6) is -0.339. The molecule has 2 aromatic heterocycles. The molecular formula is C33H49N4O8P. The molecule has 0 radical (unpaired) electrons. The van der Waals surface area contributed by atoms with Crippen LogP contribution in [0.5, 0.6) is 5.75 Å². The third kappa shape index (κ3) is 10.0. The molecule has 0 aliphatic carbocycles. The number of nitrogens with zero attached hydrogens (tertiary/aromatic N) is 2. The fraction of sp³-hybridized carbons (Fsp3) is 0.576. The van der Waals surface area contributed by atoms with Crippen LogP contribution in [-0.4, -0.2) is 63.4 Å². The van der Waals surface area contributed by atoms with Crippen molar-refractivity contribution in [3.63, 3.8) is 0 Å². The molecule has 1 aliphatic heterocycles. The maximum absolute atomic E-state index is 13.9. The zero-order valence-corrected chi connectivity index (χ0v) is 27.7. The van der Waals surface area contributed by atoms with Gasteiger partial charge >= 0.3 is 13.7 Å². The molecule has 5 N–H and O–H groups in total. The van der Waals surface area contributed by atoms with Crippen molar-refractivity contribution >= 4 is 24.9 Å². The van der Waals surface area contributed by atoms with Crippen molar-refractivity contribution in [3.05, 3.63) is 60.4 Å². The van der Waals surface area contributed by atoms with Gasteiger partial charge in [-0.1, -0.05) is 82.9 Å². The molecule has 1 aromatic carbocycles. The highest BCUT2D eigenvalue weighted by Gasteiger charge is 2.46. The number of esters is 1. The maximum Gasteiger partial charge on any atom is 0.459 e. The molecule has 1 saturated heterocycles. The Hall–Kier alpha value is -2.99. The number of nitrogens with one attached hydrogen (secondary N) is 1. The van der Waals surface area contributed by atoms with Crippen molar-refractivity contribution in [3.8, 4) is 5.75 Å². The van der Waals surface area contributed by atoms with Crippen LogP contribution in [-0.2, 0) is 23.4 Å². The number of unbranched alkanes of at least 4 members (excludes halogenated alkanes) is 9. The van der Waals surface area contributed by atoms with Crippen molar-refractivity contribution in [2.24, 2.45) is 0 Å². The van der Waals surface area contributed by atoms with Crippen LogP contribution in [0.2, 0.25) is 0 Å². The molecule has 0 spiro atoms. The quantitative estimate of drug-likeness (QED) is 0.0665. The molecule has 12 nitrogen and oxygen atoms in total. The first-order valence-electron chi connectivity index (χ1n) is 16.4. The number of nitrogens with two attached hydrogens (primary N) is 1. The standard InChI is InChI=1S/C33H49N4O8P/c1-3-4-5-6-7-8-9-10-11-15-22-42-33(40)24(2)36-46(41,45-25-16-13-12-14-17-25)43-23-29-30(38)31(39)32(44-29)28-19-18-27-26(34)20-21-35-37(27)28/h12-14,16-21,24,29-32,38-39H,3-11,15,22-23,34H2,1-2H3,(H,36,41)/t24-,29+,30+,31+,32-,46?/m0/s1. The van der Waals surface area contributed by atoms with E-state index < -0.39 is 50.8 Å². The number of hydrogen-bond acceptors (Lipinski definition) is 10. The van der Waals surface area contributed by atoms with Gasteiger partial charge in [-0.15, -0.1) is 0 Å². The van der Waals surface area contributed by atoms with E-state index in [0.717, 1.165) is 19.3 Å². The van der Waals surface area contributed by atoms with Crippen molar-refractivity contribution in [1.29, 1.82) is 0 Å². The summed E-state index contributed by atoms with van der Waals surface area (Å²) in [6.45, 7) is 3.59. The number of para-hydroxylation sites is 1. The lowest BCUT2D eigenvalue weighted by molar-refractivity contribution is -0.145. The second-order valence-electron chi connectivity index (χ2n) is 11.8. The number of benzene rings is 1. The van der Waals surface area contributed by atoms with E-state index in [0.29, 0.717) is 16.9 Å². The number of anilines is 1. The fourth-order valence-corrected chi connectivity index (χ4v) is 6.96. The third-order valence-electron chi connectivity index (χ3n) is 8.10. The van der Waals surface area contributed by atoms with Crippen LogP contribution in [0.15, 0.2) is 54.7 Å². The monoisotopic (exact) mass is 660 g/mol. The highest BCUT2D eigenvalue weighted by molar-refractivity contribution is 7.52. The van der Waals surface area contributed by atoms with Crippen molar-refractivity contribution in [2.75, 3.05) is 18.9 Å². The summed E-state index contributed by atoms with van der Waals surface area (Å²) in [7, 11) is -4.20. The van der Waals surface area contributed by atoms with Crippen LogP contribution >= 0.6 is 7.75 Å². The average Bonchev–Trinajstić information content (AvgIpc) is 3.60. The molecule has 1 fully saturated rings. The normalized spacial score (nSPS) is 21.7. The molecule has 1 aliphatic rings. The highest BCUT2D eigenvalue weighted by Crippen LogP contribution is 2.46. The number of ether oxygens (including phenoxy) is 2. The van der Waals surface area contributed by atoms with Gasteiger partial charge in [0.05, 0.1) is 30.1 Å². The molecule has 3 heterocycles. The third-order valence-corrected chi connectivity index (χ3v) is 9.74. The number of aromatic nitrogens is 2. The summed E-state index contributed by atoms with van der Waals surface area (Å²) < 4.78 is 38.3. The summed E-state index contributed by atoms with van der Waals surface area (Å²) in [5, 5.41) is 28.6. The zero-order valence-electron chi connectivity index (χ0n) is 26.8. The van der Waals surface area contributed by atoms with Crippen LogP contribution in [0.3, 0.4) is 0 Å². The lowest BCUT2D eigenvalue weighted by atomic mass is 10.1. The molecule has 0 bridgehead atoms. The minimum absolute atomic E-state index is 0.249. The van der Waals surface area contributed by atoms with Gasteiger partial charge in [0.25, 0.3) is 0 Å². The number of rotatable bonds is 20. The minimum atomic E-state index is -4.20. The van der Waals surface area contributed by atoms with Gasteiger partial charge in [-0.3, -0.25) is 9.32 Å². The van der Waals surface area contributed by atoms with Gasteiger partial charge in [0.15, 0.2) is 0 Å². The van der Waals surface area contributed by atoms with Gasteiger partial charge < -0.3 is 29.9 Å². The summed E-state index contributed by atoms with van der Waals surface area (Å²) in [5.41, 5.74) is 7.64. The number of hydrogen-bond donors (Lipinski definition) is 4. The van der Waals surface area contributed by atoms with Crippen LogP contribution in [0.1, 0.15) is 89.9 Å². The molecule has 0 saturated carbocycles. The number of aliphatic hydroxyl groups is 2. The fourth-order valence-electron chi connectivity index (χ4n) is 5.46. The molecule has 6 atom stereocenters. The Morgan fingerprint density at radius 3 is 2.37 bits per heavy atom.